The van der Waals surface area contributed by atoms with Crippen LogP contribution in [-0.4, -0.2) is 26.3 Å². The molecule has 7 heteroatoms. The van der Waals surface area contributed by atoms with Crippen molar-refractivity contribution >= 4 is 40.5 Å². The summed E-state index contributed by atoms with van der Waals surface area (Å²) in [7, 11) is 0. The lowest BCUT2D eigenvalue weighted by atomic mass is 10.3. The number of halogens is 1. The van der Waals surface area contributed by atoms with Crippen LogP contribution in [0.15, 0.2) is 53.9 Å². The average Bonchev–Trinajstić information content (AvgIpc) is 3.15. The third-order valence-corrected chi connectivity index (χ3v) is 4.80. The van der Waals surface area contributed by atoms with Gasteiger partial charge in [0.25, 0.3) is 0 Å². The number of thioether (sulfide) groups is 1. The number of hydrogen-bond donors (Lipinski definition) is 0. The van der Waals surface area contributed by atoms with Crippen molar-refractivity contribution in [3.05, 3.63) is 58.0 Å². The number of carbonyl (C=O) groups excluding carboxylic acids is 1. The molecule has 0 aliphatic carbocycles. The van der Waals surface area contributed by atoms with E-state index in [1.54, 1.807) is 23.1 Å². The molecule has 0 spiro atoms. The molecule has 0 N–H and O–H groups in total. The van der Waals surface area contributed by atoms with Gasteiger partial charge in [-0.3, -0.25) is 4.79 Å². The Balaban J connectivity index is 1.64. The number of carbonyl (C=O) groups is 1. The number of aromatic nitrogens is 3. The molecule has 0 saturated carbocycles. The first-order valence-electron chi connectivity index (χ1n) is 6.11. The van der Waals surface area contributed by atoms with Gasteiger partial charge >= 0.3 is 0 Å². The molecule has 0 bridgehead atoms. The zero-order valence-electron chi connectivity index (χ0n) is 10.8. The number of benzene rings is 1. The molecule has 106 valence electrons. The van der Waals surface area contributed by atoms with Crippen molar-refractivity contribution in [1.82, 2.24) is 14.8 Å². The smallest absolute Gasteiger partial charge is 0.209 e. The summed E-state index contributed by atoms with van der Waals surface area (Å²) < 4.78 is 2.31. The third-order valence-electron chi connectivity index (χ3n) is 2.67. The molecule has 3 aromatic rings. The number of thiophene rings is 1. The van der Waals surface area contributed by atoms with Gasteiger partial charge in [-0.15, -0.1) is 16.4 Å². The Kier molecular flexibility index (Phi) is 4.38. The number of ketones is 1. The minimum atomic E-state index is 0.0351. The second-order valence-electron chi connectivity index (χ2n) is 4.12. The minimum Gasteiger partial charge on any atom is -0.292 e. The summed E-state index contributed by atoms with van der Waals surface area (Å²) in [6, 6.07) is 13.2. The maximum absolute atomic E-state index is 12.0. The van der Waals surface area contributed by atoms with Crippen LogP contribution in [0, 0.1) is 0 Å². The highest BCUT2D eigenvalue weighted by Crippen LogP contribution is 2.24. The van der Waals surface area contributed by atoms with Gasteiger partial charge in [0.1, 0.15) is 6.33 Å². The molecular weight excluding hydrogens is 326 g/mol. The van der Waals surface area contributed by atoms with E-state index in [1.807, 2.05) is 30.3 Å². The molecule has 21 heavy (non-hydrogen) atoms. The Morgan fingerprint density at radius 3 is 2.76 bits per heavy atom. The van der Waals surface area contributed by atoms with E-state index in [1.165, 1.54) is 23.1 Å². The van der Waals surface area contributed by atoms with Gasteiger partial charge in [-0.1, -0.05) is 41.6 Å². The fourth-order valence-electron chi connectivity index (χ4n) is 1.68. The molecule has 2 aromatic heterocycles. The monoisotopic (exact) mass is 335 g/mol. The molecule has 0 unspecified atom stereocenters. The fraction of sp³-hybridized carbons (Fsp3) is 0.0714. The van der Waals surface area contributed by atoms with E-state index in [9.17, 15) is 4.79 Å². The van der Waals surface area contributed by atoms with Crippen LogP contribution >= 0.6 is 34.7 Å². The van der Waals surface area contributed by atoms with Crippen LogP contribution in [0.3, 0.4) is 0 Å². The predicted molar refractivity (Wildman–Crippen MR) is 85.7 cm³/mol. The van der Waals surface area contributed by atoms with E-state index >= 15 is 0 Å². The molecule has 0 atom stereocenters. The lowest BCUT2D eigenvalue weighted by Crippen LogP contribution is -2.00. The number of nitrogens with zero attached hydrogens (tertiary/aromatic N) is 3. The Morgan fingerprint density at radius 1 is 1.24 bits per heavy atom. The molecule has 0 saturated heterocycles. The predicted octanol–water partition coefficient (Wildman–Crippen LogP) is 3.96. The highest BCUT2D eigenvalue weighted by Gasteiger charge is 2.11. The summed E-state index contributed by atoms with van der Waals surface area (Å²) in [4.78, 5) is 16.8. The fourth-order valence-corrected chi connectivity index (χ4v) is 3.44. The van der Waals surface area contributed by atoms with Gasteiger partial charge in [0.2, 0.25) is 5.16 Å². The quantitative estimate of drug-likeness (QED) is 0.523. The number of Topliss-reactive ketones (excluding diaryl/α,β-unsaturated/α-hetero) is 1. The molecule has 0 amide bonds. The Bertz CT molecular complexity index is 754. The topological polar surface area (TPSA) is 47.8 Å². The molecule has 0 aliphatic heterocycles. The molecule has 3 rings (SSSR count). The number of para-hydroxylation sites is 1. The second kappa shape index (κ2) is 6.43. The van der Waals surface area contributed by atoms with Crippen molar-refractivity contribution in [2.24, 2.45) is 0 Å². The van der Waals surface area contributed by atoms with Gasteiger partial charge in [0.15, 0.2) is 5.78 Å². The first kappa shape index (κ1) is 14.3. The second-order valence-corrected chi connectivity index (χ2v) is 6.78. The lowest BCUT2D eigenvalue weighted by molar-refractivity contribution is 0.102. The van der Waals surface area contributed by atoms with E-state index in [-0.39, 0.29) is 5.78 Å². The van der Waals surface area contributed by atoms with Gasteiger partial charge in [0.05, 0.1) is 20.7 Å². The zero-order chi connectivity index (χ0) is 14.7. The normalized spacial score (nSPS) is 10.7. The Morgan fingerprint density at radius 2 is 2.05 bits per heavy atom. The van der Waals surface area contributed by atoms with E-state index in [4.69, 9.17) is 11.6 Å². The molecule has 4 nitrogen and oxygen atoms in total. The van der Waals surface area contributed by atoms with Gasteiger partial charge in [0, 0.05) is 0 Å². The van der Waals surface area contributed by atoms with E-state index < -0.39 is 0 Å². The van der Waals surface area contributed by atoms with Crippen molar-refractivity contribution in [3.63, 3.8) is 0 Å². The zero-order valence-corrected chi connectivity index (χ0v) is 13.2. The summed E-state index contributed by atoms with van der Waals surface area (Å²) in [5.74, 6) is 0.336. The summed E-state index contributed by atoms with van der Waals surface area (Å²) in [6.07, 6.45) is 1.64. The van der Waals surface area contributed by atoms with E-state index in [0.717, 1.165) is 5.69 Å². The summed E-state index contributed by atoms with van der Waals surface area (Å²) in [6.45, 7) is 0. The van der Waals surface area contributed by atoms with Crippen LogP contribution in [0.25, 0.3) is 5.69 Å². The maximum Gasteiger partial charge on any atom is 0.209 e. The van der Waals surface area contributed by atoms with Crippen LogP contribution in [0.4, 0.5) is 0 Å². The molecule has 0 fully saturated rings. The van der Waals surface area contributed by atoms with Crippen LogP contribution < -0.4 is 0 Å². The van der Waals surface area contributed by atoms with Gasteiger partial charge < -0.3 is 0 Å². The van der Waals surface area contributed by atoms with Crippen LogP contribution in [0.2, 0.25) is 4.34 Å². The highest BCUT2D eigenvalue weighted by molar-refractivity contribution is 7.99. The molecule has 0 radical (unpaired) electrons. The van der Waals surface area contributed by atoms with Crippen LogP contribution in [-0.2, 0) is 0 Å². The summed E-state index contributed by atoms with van der Waals surface area (Å²) in [5, 5.41) is 4.92. The largest absolute Gasteiger partial charge is 0.292 e. The number of rotatable bonds is 5. The summed E-state index contributed by atoms with van der Waals surface area (Å²) in [5.41, 5.74) is 0.938. The molecule has 1 aromatic carbocycles. The maximum atomic E-state index is 12.0. The van der Waals surface area contributed by atoms with E-state index in [2.05, 4.69) is 10.1 Å². The first-order chi connectivity index (χ1) is 10.2. The van der Waals surface area contributed by atoms with E-state index in [0.29, 0.717) is 20.1 Å². The molecule has 0 aliphatic rings. The van der Waals surface area contributed by atoms with Crippen molar-refractivity contribution < 1.29 is 4.79 Å². The Hall–Kier alpha value is -1.63. The van der Waals surface area contributed by atoms with Gasteiger partial charge in [-0.2, -0.15) is 0 Å². The summed E-state index contributed by atoms with van der Waals surface area (Å²) >= 11 is 8.43. The van der Waals surface area contributed by atoms with Gasteiger partial charge in [-0.25, -0.2) is 9.67 Å². The van der Waals surface area contributed by atoms with Gasteiger partial charge in [-0.05, 0) is 24.3 Å². The lowest BCUT2D eigenvalue weighted by Gasteiger charge is -1.98. The first-order valence-corrected chi connectivity index (χ1v) is 8.29. The third kappa shape index (κ3) is 3.53. The Labute approximate surface area is 134 Å². The van der Waals surface area contributed by atoms with Crippen molar-refractivity contribution in [2.75, 3.05) is 5.75 Å². The van der Waals surface area contributed by atoms with Crippen molar-refractivity contribution in [2.45, 2.75) is 5.16 Å². The standard InChI is InChI=1S/C14H10ClN3OS2/c15-13-7-6-12(21-13)11(19)8-20-14-16-9-18(17-14)10-4-2-1-3-5-10/h1-7,9H,8H2. The average molecular weight is 336 g/mol. The molecular formula is C14H10ClN3OS2. The van der Waals surface area contributed by atoms with Crippen molar-refractivity contribution in [3.8, 4) is 5.69 Å². The van der Waals surface area contributed by atoms with Crippen LogP contribution in [0.1, 0.15) is 9.67 Å². The number of hydrogen-bond acceptors (Lipinski definition) is 5. The van der Waals surface area contributed by atoms with Crippen molar-refractivity contribution in [1.29, 1.82) is 0 Å². The van der Waals surface area contributed by atoms with Crippen LogP contribution in [0.5, 0.6) is 0 Å². The highest BCUT2D eigenvalue weighted by atomic mass is 35.5. The molecule has 2 heterocycles. The SMILES string of the molecule is O=C(CSc1ncn(-c2ccccc2)n1)c1ccc(Cl)s1. The minimum absolute atomic E-state index is 0.0351.